The Hall–Kier alpha value is -1.35. The maximum absolute atomic E-state index is 11.2. The predicted molar refractivity (Wildman–Crippen MR) is 64.6 cm³/mol. The Balaban J connectivity index is 1.97. The van der Waals surface area contributed by atoms with Crippen molar-refractivity contribution in [3.63, 3.8) is 0 Å². The van der Waals surface area contributed by atoms with Gasteiger partial charge in [0, 0.05) is 10.8 Å². The lowest BCUT2D eigenvalue weighted by atomic mass is 9.75. The van der Waals surface area contributed by atoms with Gasteiger partial charge in [-0.05, 0) is 31.2 Å². The first-order chi connectivity index (χ1) is 8.12. The Morgan fingerprint density at radius 2 is 1.76 bits per heavy atom. The zero-order valence-corrected chi connectivity index (χ0v) is 9.73. The summed E-state index contributed by atoms with van der Waals surface area (Å²) in [5.41, 5.74) is 7.06. The van der Waals surface area contributed by atoms with E-state index in [0.29, 0.717) is 0 Å². The lowest BCUT2D eigenvalue weighted by Gasteiger charge is -2.30. The zero-order valence-electron chi connectivity index (χ0n) is 9.73. The highest BCUT2D eigenvalue weighted by Crippen LogP contribution is 2.71. The van der Waals surface area contributed by atoms with Crippen LogP contribution in [-0.4, -0.2) is 17.1 Å². The number of aliphatic carboxylic acids is 1. The van der Waals surface area contributed by atoms with Crippen LogP contribution in [0.5, 0.6) is 0 Å². The van der Waals surface area contributed by atoms with Crippen molar-refractivity contribution in [3.8, 4) is 0 Å². The normalized spacial score (nSPS) is 25.0. The minimum absolute atomic E-state index is 0.0477. The summed E-state index contributed by atoms with van der Waals surface area (Å²) in [6.45, 7) is 0. The van der Waals surface area contributed by atoms with E-state index in [0.717, 1.165) is 25.7 Å². The summed E-state index contributed by atoms with van der Waals surface area (Å²) < 4.78 is 0. The van der Waals surface area contributed by atoms with E-state index in [1.165, 1.54) is 5.56 Å². The van der Waals surface area contributed by atoms with Gasteiger partial charge in [-0.2, -0.15) is 0 Å². The van der Waals surface area contributed by atoms with Crippen molar-refractivity contribution < 1.29 is 9.90 Å². The average molecular weight is 231 g/mol. The first-order valence-electron chi connectivity index (χ1n) is 6.16. The Morgan fingerprint density at radius 3 is 2.18 bits per heavy atom. The molecule has 0 saturated heterocycles. The van der Waals surface area contributed by atoms with E-state index in [-0.39, 0.29) is 10.8 Å². The molecule has 3 rings (SSSR count). The molecular formula is C14H17NO2. The van der Waals surface area contributed by atoms with Crippen molar-refractivity contribution in [1.82, 2.24) is 0 Å². The summed E-state index contributed by atoms with van der Waals surface area (Å²) in [7, 11) is 0. The fourth-order valence-electron chi connectivity index (χ4n) is 3.41. The summed E-state index contributed by atoms with van der Waals surface area (Å²) in [6.07, 6.45) is 4.07. The molecule has 0 bridgehead atoms. The average Bonchev–Trinajstić information content (AvgIpc) is 3.21. The minimum atomic E-state index is -0.857. The van der Waals surface area contributed by atoms with Crippen molar-refractivity contribution in [2.24, 2.45) is 11.1 Å². The van der Waals surface area contributed by atoms with E-state index in [9.17, 15) is 9.90 Å². The first-order valence-corrected chi connectivity index (χ1v) is 6.16. The standard InChI is InChI=1S/C14H17NO2/c15-11(12(16)17)14(8-9-14)13(6-7-13)10-4-2-1-3-5-10/h1-5,11H,6-9,15H2,(H,16,17). The molecule has 3 nitrogen and oxygen atoms in total. The van der Waals surface area contributed by atoms with Crippen molar-refractivity contribution in [2.45, 2.75) is 37.1 Å². The molecule has 1 atom stereocenters. The Morgan fingerprint density at radius 1 is 1.18 bits per heavy atom. The van der Waals surface area contributed by atoms with E-state index < -0.39 is 12.0 Å². The molecular weight excluding hydrogens is 214 g/mol. The third kappa shape index (κ3) is 1.35. The SMILES string of the molecule is NC(C(=O)O)C1(C2(c3ccccc3)CC2)CC1. The van der Waals surface area contributed by atoms with Crippen LogP contribution in [0.25, 0.3) is 0 Å². The van der Waals surface area contributed by atoms with Gasteiger partial charge in [0.25, 0.3) is 0 Å². The van der Waals surface area contributed by atoms with Gasteiger partial charge < -0.3 is 10.8 Å². The molecule has 0 amide bonds. The van der Waals surface area contributed by atoms with E-state index in [4.69, 9.17) is 5.73 Å². The number of nitrogens with two attached hydrogens (primary N) is 1. The second kappa shape index (κ2) is 3.33. The zero-order chi connectivity index (χ0) is 12.1. The Labute approximate surface area is 101 Å². The molecule has 3 heteroatoms. The van der Waals surface area contributed by atoms with Crippen LogP contribution in [0.4, 0.5) is 0 Å². The molecule has 0 spiro atoms. The monoisotopic (exact) mass is 231 g/mol. The summed E-state index contributed by atoms with van der Waals surface area (Å²) in [5, 5.41) is 9.17. The molecule has 0 aromatic heterocycles. The summed E-state index contributed by atoms with van der Waals surface area (Å²) in [6, 6.07) is 9.56. The number of rotatable bonds is 4. The van der Waals surface area contributed by atoms with Gasteiger partial charge in [-0.1, -0.05) is 30.3 Å². The molecule has 0 aliphatic heterocycles. The Bertz CT molecular complexity index is 447. The number of carboxylic acid groups (broad SMARTS) is 1. The van der Waals surface area contributed by atoms with Gasteiger partial charge in [0.1, 0.15) is 6.04 Å². The Kier molecular flexibility index (Phi) is 2.11. The van der Waals surface area contributed by atoms with Gasteiger partial charge in [0.05, 0.1) is 0 Å². The minimum Gasteiger partial charge on any atom is -0.480 e. The van der Waals surface area contributed by atoms with E-state index in [2.05, 4.69) is 12.1 Å². The number of benzene rings is 1. The molecule has 17 heavy (non-hydrogen) atoms. The van der Waals surface area contributed by atoms with E-state index in [1.54, 1.807) is 0 Å². The first kappa shape index (κ1) is 10.8. The van der Waals surface area contributed by atoms with Gasteiger partial charge >= 0.3 is 5.97 Å². The largest absolute Gasteiger partial charge is 0.480 e. The number of hydrogen-bond donors (Lipinski definition) is 2. The quantitative estimate of drug-likeness (QED) is 0.832. The number of carboxylic acids is 1. The van der Waals surface area contributed by atoms with Gasteiger partial charge in [-0.25, -0.2) is 0 Å². The third-order valence-corrected chi connectivity index (χ3v) is 4.68. The molecule has 3 N–H and O–H groups in total. The van der Waals surface area contributed by atoms with Gasteiger partial charge in [0.2, 0.25) is 0 Å². The van der Waals surface area contributed by atoms with Gasteiger partial charge in [-0.15, -0.1) is 0 Å². The maximum Gasteiger partial charge on any atom is 0.321 e. The second-order valence-electron chi connectivity index (χ2n) is 5.42. The van der Waals surface area contributed by atoms with Gasteiger partial charge in [0.15, 0.2) is 0 Å². The van der Waals surface area contributed by atoms with Crippen LogP contribution < -0.4 is 5.73 Å². The van der Waals surface area contributed by atoms with Crippen LogP contribution in [0.15, 0.2) is 30.3 Å². The lowest BCUT2D eigenvalue weighted by Crippen LogP contribution is -2.45. The number of carbonyl (C=O) groups is 1. The summed E-state index contributed by atoms with van der Waals surface area (Å²) >= 11 is 0. The molecule has 1 aromatic rings. The highest BCUT2D eigenvalue weighted by molar-refractivity contribution is 5.76. The van der Waals surface area contributed by atoms with Crippen molar-refractivity contribution in [1.29, 1.82) is 0 Å². The molecule has 0 heterocycles. The molecule has 0 radical (unpaired) electrons. The lowest BCUT2D eigenvalue weighted by molar-refractivity contribution is -0.140. The van der Waals surface area contributed by atoms with E-state index >= 15 is 0 Å². The summed E-state index contributed by atoms with van der Waals surface area (Å²) in [4.78, 5) is 11.2. The van der Waals surface area contributed by atoms with Crippen molar-refractivity contribution in [2.75, 3.05) is 0 Å². The van der Waals surface area contributed by atoms with Crippen LogP contribution in [0, 0.1) is 5.41 Å². The number of hydrogen-bond acceptors (Lipinski definition) is 2. The maximum atomic E-state index is 11.2. The highest BCUT2D eigenvalue weighted by Gasteiger charge is 2.69. The molecule has 1 aromatic carbocycles. The molecule has 90 valence electrons. The molecule has 2 aliphatic rings. The van der Waals surface area contributed by atoms with Gasteiger partial charge in [-0.3, -0.25) is 4.79 Å². The predicted octanol–water partition coefficient (Wildman–Crippen LogP) is 1.91. The molecule has 2 fully saturated rings. The fraction of sp³-hybridized carbons (Fsp3) is 0.500. The fourth-order valence-corrected chi connectivity index (χ4v) is 3.41. The van der Waals surface area contributed by atoms with Crippen LogP contribution in [0.2, 0.25) is 0 Å². The van der Waals surface area contributed by atoms with E-state index in [1.807, 2.05) is 18.2 Å². The van der Waals surface area contributed by atoms with Crippen LogP contribution in [-0.2, 0) is 10.2 Å². The van der Waals surface area contributed by atoms with Crippen molar-refractivity contribution >= 4 is 5.97 Å². The summed E-state index contributed by atoms with van der Waals surface area (Å²) in [5.74, 6) is -0.857. The van der Waals surface area contributed by atoms with Crippen LogP contribution in [0.3, 0.4) is 0 Å². The highest BCUT2D eigenvalue weighted by atomic mass is 16.4. The third-order valence-electron chi connectivity index (χ3n) is 4.68. The van der Waals surface area contributed by atoms with Crippen LogP contribution >= 0.6 is 0 Å². The molecule has 2 aliphatic carbocycles. The molecule has 2 saturated carbocycles. The smallest absolute Gasteiger partial charge is 0.321 e. The second-order valence-corrected chi connectivity index (χ2v) is 5.42. The van der Waals surface area contributed by atoms with Crippen LogP contribution in [0.1, 0.15) is 31.2 Å². The molecule has 1 unspecified atom stereocenters. The van der Waals surface area contributed by atoms with Crippen molar-refractivity contribution in [3.05, 3.63) is 35.9 Å². The topological polar surface area (TPSA) is 63.3 Å².